The molecule has 20 heteroatoms. The monoisotopic (exact) mass is 1010 g/mol. The maximum absolute atomic E-state index is 14.8. The number of ether oxygens (including phenoxy) is 3. The fraction of sp³-hybridized carbons (Fsp3) is 0.712. The van der Waals surface area contributed by atoms with Crippen LogP contribution in [0.2, 0.25) is 0 Å². The number of Topliss-reactive ketones (excluding diaryl/α,β-unsaturated/α-hetero) is 1. The van der Waals surface area contributed by atoms with Crippen molar-refractivity contribution in [2.45, 2.75) is 182 Å². The van der Waals surface area contributed by atoms with E-state index in [2.05, 4.69) is 16.0 Å². The van der Waals surface area contributed by atoms with Crippen molar-refractivity contribution in [3.05, 3.63) is 29.8 Å². The summed E-state index contributed by atoms with van der Waals surface area (Å²) in [6.45, 7) is 18.1. The van der Waals surface area contributed by atoms with E-state index in [1.807, 2.05) is 27.7 Å². The van der Waals surface area contributed by atoms with Crippen LogP contribution < -0.4 is 20.7 Å². The first-order chi connectivity index (χ1) is 33.6. The van der Waals surface area contributed by atoms with E-state index >= 15 is 0 Å². The minimum atomic E-state index is -1.73. The van der Waals surface area contributed by atoms with Gasteiger partial charge < -0.3 is 55.1 Å². The van der Waals surface area contributed by atoms with Gasteiger partial charge in [-0.1, -0.05) is 73.9 Å². The molecule has 1 aromatic rings. The molecule has 0 aromatic heterocycles. The van der Waals surface area contributed by atoms with Gasteiger partial charge in [0.05, 0.1) is 31.6 Å². The van der Waals surface area contributed by atoms with Crippen LogP contribution in [0, 0.1) is 29.6 Å². The van der Waals surface area contributed by atoms with Crippen molar-refractivity contribution in [3.8, 4) is 5.75 Å². The van der Waals surface area contributed by atoms with Gasteiger partial charge in [0, 0.05) is 27.1 Å². The molecule has 2 unspecified atom stereocenters. The maximum Gasteiger partial charge on any atom is 0.329 e. The number of carbonyl (C=O) groups excluding carboxylic acids is 9. The van der Waals surface area contributed by atoms with Crippen LogP contribution >= 0.6 is 0 Å². The number of likely N-dealkylation sites (N-methyl/N-ethyl adjacent to an activating group) is 2. The number of aliphatic hydroxyl groups excluding tert-OH is 2. The largest absolute Gasteiger partial charge is 0.497 e. The van der Waals surface area contributed by atoms with E-state index in [4.69, 9.17) is 14.2 Å². The molecule has 20 nitrogen and oxygen atoms in total. The lowest BCUT2D eigenvalue weighted by Gasteiger charge is -2.36. The van der Waals surface area contributed by atoms with Gasteiger partial charge in [0.25, 0.3) is 5.91 Å². The smallest absolute Gasteiger partial charge is 0.329 e. The number of esters is 2. The summed E-state index contributed by atoms with van der Waals surface area (Å²) in [5, 5.41) is 30.1. The third-order valence-corrected chi connectivity index (χ3v) is 13.7. The Labute approximate surface area is 425 Å². The Kier molecular flexibility index (Phi) is 23.1. The highest BCUT2D eigenvalue weighted by molar-refractivity contribution is 6.05. The Morgan fingerprint density at radius 2 is 1.53 bits per heavy atom. The van der Waals surface area contributed by atoms with E-state index in [0.29, 0.717) is 24.2 Å². The molecular weight excluding hydrogens is 933 g/mol. The molecule has 0 radical (unpaired) electrons. The highest BCUT2D eigenvalue weighted by Crippen LogP contribution is 2.26. The summed E-state index contributed by atoms with van der Waals surface area (Å²) in [6.07, 6.45) is -5.64. The minimum Gasteiger partial charge on any atom is -0.497 e. The van der Waals surface area contributed by atoms with Crippen molar-refractivity contribution in [1.82, 2.24) is 30.7 Å². The summed E-state index contributed by atoms with van der Waals surface area (Å²) < 4.78 is 17.1. The average Bonchev–Trinajstić information content (AvgIpc) is 3.82. The number of ketones is 1. The number of methoxy groups -OCH3 is 1. The SMILES string of the molecule is CCC(C)[C@H]1NC(=O)[C@@H](NC(=O)[C@@H](CC(C)C)N(C)C(=O)C(C)O)[C@@H](C)OC(=O)[C@H](Cc2ccc(OC)cc2)N(C)C(=O)[C@@H]2CCCN2C(=O)[C@H](CC(C)C)NC(=O)[C@@H](C)C(=O)[C@H](C(C)C)OC(=O)C[C@@H]1O. The number of amides is 6. The van der Waals surface area contributed by atoms with E-state index in [1.54, 1.807) is 52.0 Å². The number of rotatable bonds is 14. The average molecular weight is 1020 g/mol. The van der Waals surface area contributed by atoms with Crippen LogP contribution in [0.25, 0.3) is 0 Å². The number of benzene rings is 1. The Balaban J connectivity index is 2.29. The highest BCUT2D eigenvalue weighted by Gasteiger charge is 2.45. The summed E-state index contributed by atoms with van der Waals surface area (Å²) in [4.78, 5) is 132. The summed E-state index contributed by atoms with van der Waals surface area (Å²) in [6, 6.07) is -1.03. The summed E-state index contributed by atoms with van der Waals surface area (Å²) in [5.74, 6) is -9.61. The second-order valence-electron chi connectivity index (χ2n) is 20.8. The Bertz CT molecular complexity index is 2060. The van der Waals surface area contributed by atoms with Crippen molar-refractivity contribution >= 4 is 53.2 Å². The van der Waals surface area contributed by atoms with Crippen LogP contribution in [-0.2, 0) is 59.0 Å². The molecule has 0 aliphatic carbocycles. The third-order valence-electron chi connectivity index (χ3n) is 13.7. The van der Waals surface area contributed by atoms with Gasteiger partial charge in [-0.2, -0.15) is 0 Å². The third kappa shape index (κ3) is 16.2. The molecule has 2 saturated heterocycles. The number of cyclic esters (lactones) is 2. The number of aliphatic hydroxyl groups is 2. The van der Waals surface area contributed by atoms with Crippen LogP contribution in [0.15, 0.2) is 24.3 Å². The first kappa shape index (κ1) is 60.7. The lowest BCUT2D eigenvalue weighted by Crippen LogP contribution is -2.62. The first-order valence-electron chi connectivity index (χ1n) is 25.3. The van der Waals surface area contributed by atoms with Crippen LogP contribution in [0.3, 0.4) is 0 Å². The standard InChI is InChI=1S/C52H82N6O14/c1-15-30(8)42-40(60)26-41(61)72-45(29(6)7)44(62)31(9)46(63)53-36(23-27(2)3)50(67)58-22-16-17-37(58)51(68)57(13)39(25-34-18-20-35(70-14)21-19-34)52(69)71-33(11)43(48(65)54-42)55-47(64)38(24-28(4)5)56(12)49(66)32(10)59/h18-21,27-33,36-40,42-43,45,59-60H,15-17,22-26H2,1-14H3,(H,53,63)(H,54,65)(H,55,64)/t30?,31-,32?,33+,36-,37-,38+,39-,40-,42+,43-,45-/m0/s1. The van der Waals surface area contributed by atoms with Crippen molar-refractivity contribution in [3.63, 3.8) is 0 Å². The van der Waals surface area contributed by atoms with Crippen molar-refractivity contribution in [2.24, 2.45) is 29.6 Å². The van der Waals surface area contributed by atoms with Crippen LogP contribution in [0.4, 0.5) is 0 Å². The van der Waals surface area contributed by atoms with E-state index < -0.39 is 138 Å². The maximum atomic E-state index is 14.8. The fourth-order valence-corrected chi connectivity index (χ4v) is 9.05. The topological polar surface area (TPSA) is 268 Å². The van der Waals surface area contributed by atoms with E-state index in [1.165, 1.54) is 51.8 Å². The van der Waals surface area contributed by atoms with E-state index in [9.17, 15) is 53.4 Å². The van der Waals surface area contributed by atoms with E-state index in [0.717, 1.165) is 4.90 Å². The van der Waals surface area contributed by atoms with Crippen molar-refractivity contribution < 1.29 is 67.6 Å². The number of hydrogen-bond acceptors (Lipinski definition) is 14. The predicted octanol–water partition coefficient (Wildman–Crippen LogP) is 2.33. The molecule has 0 bridgehead atoms. The Morgan fingerprint density at radius 3 is 2.07 bits per heavy atom. The molecule has 2 fully saturated rings. The molecule has 12 atom stereocenters. The van der Waals surface area contributed by atoms with Gasteiger partial charge in [-0.3, -0.25) is 38.4 Å². The van der Waals surface area contributed by atoms with Gasteiger partial charge in [0.1, 0.15) is 48.2 Å². The lowest BCUT2D eigenvalue weighted by molar-refractivity contribution is -0.163. The zero-order valence-corrected chi connectivity index (χ0v) is 44.8. The molecule has 404 valence electrons. The van der Waals surface area contributed by atoms with Gasteiger partial charge >= 0.3 is 11.9 Å². The second kappa shape index (κ2) is 27.4. The second-order valence-corrected chi connectivity index (χ2v) is 20.8. The summed E-state index contributed by atoms with van der Waals surface area (Å²) in [7, 11) is 4.23. The quantitative estimate of drug-likeness (QED) is 0.132. The molecule has 5 N–H and O–H groups in total. The number of carbonyl (C=O) groups is 9. The van der Waals surface area contributed by atoms with Crippen LogP contribution in [-0.4, -0.2) is 166 Å². The molecule has 3 rings (SSSR count). The van der Waals surface area contributed by atoms with Crippen molar-refractivity contribution in [2.75, 3.05) is 27.7 Å². The lowest BCUT2D eigenvalue weighted by atomic mass is 9.91. The zero-order valence-electron chi connectivity index (χ0n) is 44.8. The molecule has 2 heterocycles. The van der Waals surface area contributed by atoms with Crippen molar-refractivity contribution in [1.29, 1.82) is 0 Å². The molecule has 1 aromatic carbocycles. The van der Waals surface area contributed by atoms with Crippen LogP contribution in [0.5, 0.6) is 5.75 Å². The number of fused-ring (bicyclic) bond motifs is 1. The molecule has 2 aliphatic rings. The van der Waals surface area contributed by atoms with Gasteiger partial charge in [-0.15, -0.1) is 0 Å². The summed E-state index contributed by atoms with van der Waals surface area (Å²) >= 11 is 0. The van der Waals surface area contributed by atoms with Gasteiger partial charge in [0.2, 0.25) is 29.5 Å². The molecular formula is C52H82N6O14. The zero-order chi connectivity index (χ0) is 54.5. The van der Waals surface area contributed by atoms with Crippen LogP contribution in [0.1, 0.15) is 120 Å². The molecule has 0 spiro atoms. The normalized spacial score (nSPS) is 27.1. The van der Waals surface area contributed by atoms with Gasteiger partial charge in [-0.25, -0.2) is 4.79 Å². The van der Waals surface area contributed by atoms with E-state index in [-0.39, 0.29) is 44.1 Å². The molecule has 2 aliphatic heterocycles. The number of nitrogens with zero attached hydrogens (tertiary/aromatic N) is 3. The Hall–Kier alpha value is -5.63. The van der Waals surface area contributed by atoms with Gasteiger partial charge in [-0.05, 0) is 87.8 Å². The molecule has 0 saturated carbocycles. The first-order valence-corrected chi connectivity index (χ1v) is 25.3. The Morgan fingerprint density at radius 1 is 0.903 bits per heavy atom. The predicted molar refractivity (Wildman–Crippen MR) is 265 cm³/mol. The summed E-state index contributed by atoms with van der Waals surface area (Å²) in [5.41, 5.74) is 0.582. The van der Waals surface area contributed by atoms with Gasteiger partial charge in [0.15, 0.2) is 11.9 Å². The highest BCUT2D eigenvalue weighted by atomic mass is 16.6. The molecule has 6 amide bonds. The molecule has 72 heavy (non-hydrogen) atoms. The minimum absolute atomic E-state index is 0.0955. The number of nitrogens with one attached hydrogen (secondary N) is 3. The fourth-order valence-electron chi connectivity index (χ4n) is 9.05. The number of hydrogen-bond donors (Lipinski definition) is 5.